The summed E-state index contributed by atoms with van der Waals surface area (Å²) < 4.78 is 1.97. The van der Waals surface area contributed by atoms with E-state index in [0.29, 0.717) is 12.2 Å². The summed E-state index contributed by atoms with van der Waals surface area (Å²) >= 11 is 0. The molecule has 0 fully saturated rings. The molecule has 2 aromatic rings. The van der Waals surface area contributed by atoms with Crippen molar-refractivity contribution in [2.75, 3.05) is 0 Å². The third-order valence-electron chi connectivity index (χ3n) is 3.97. The molecule has 2 rings (SSSR count). The van der Waals surface area contributed by atoms with Crippen molar-refractivity contribution in [2.45, 2.75) is 45.6 Å². The van der Waals surface area contributed by atoms with Crippen molar-refractivity contribution >= 4 is 5.91 Å². The zero-order valence-corrected chi connectivity index (χ0v) is 13.8. The van der Waals surface area contributed by atoms with Crippen LogP contribution in [0, 0.1) is 11.3 Å². The number of imidazole rings is 1. The van der Waals surface area contributed by atoms with Crippen LogP contribution in [-0.4, -0.2) is 15.5 Å². The SMILES string of the molecule is CCCc1c(C(N)=O)ncn1Cc1ccc(C(C)(C)C#N)cc1. The van der Waals surface area contributed by atoms with Crippen molar-refractivity contribution in [1.82, 2.24) is 9.55 Å². The van der Waals surface area contributed by atoms with Crippen molar-refractivity contribution in [1.29, 1.82) is 5.26 Å². The van der Waals surface area contributed by atoms with Crippen molar-refractivity contribution in [3.8, 4) is 6.07 Å². The molecule has 0 aliphatic carbocycles. The highest BCUT2D eigenvalue weighted by Gasteiger charge is 2.19. The number of hydrogen-bond acceptors (Lipinski definition) is 3. The quantitative estimate of drug-likeness (QED) is 0.890. The molecular weight excluding hydrogens is 288 g/mol. The Morgan fingerprint density at radius 3 is 2.52 bits per heavy atom. The van der Waals surface area contributed by atoms with Gasteiger partial charge in [-0.25, -0.2) is 4.98 Å². The van der Waals surface area contributed by atoms with Gasteiger partial charge in [-0.1, -0.05) is 37.6 Å². The molecule has 5 heteroatoms. The molecule has 0 unspecified atom stereocenters. The molecule has 1 aromatic carbocycles. The van der Waals surface area contributed by atoms with Gasteiger partial charge in [0.2, 0.25) is 0 Å². The smallest absolute Gasteiger partial charge is 0.269 e. The minimum atomic E-state index is -0.500. The van der Waals surface area contributed by atoms with Crippen LogP contribution in [0.15, 0.2) is 30.6 Å². The Morgan fingerprint density at radius 1 is 1.35 bits per heavy atom. The number of carbonyl (C=O) groups is 1. The van der Waals surface area contributed by atoms with E-state index < -0.39 is 11.3 Å². The van der Waals surface area contributed by atoms with E-state index in [-0.39, 0.29) is 0 Å². The number of nitrogens with zero attached hydrogens (tertiary/aromatic N) is 3. The van der Waals surface area contributed by atoms with Crippen LogP contribution >= 0.6 is 0 Å². The van der Waals surface area contributed by atoms with Crippen molar-refractivity contribution in [2.24, 2.45) is 5.73 Å². The van der Waals surface area contributed by atoms with E-state index in [4.69, 9.17) is 5.73 Å². The maximum absolute atomic E-state index is 11.5. The fraction of sp³-hybridized carbons (Fsp3) is 0.389. The van der Waals surface area contributed by atoms with Gasteiger partial charge in [-0.2, -0.15) is 5.26 Å². The Balaban J connectivity index is 2.26. The van der Waals surface area contributed by atoms with Gasteiger partial charge in [-0.3, -0.25) is 4.79 Å². The van der Waals surface area contributed by atoms with Gasteiger partial charge in [-0.05, 0) is 31.4 Å². The van der Waals surface area contributed by atoms with Gasteiger partial charge < -0.3 is 10.3 Å². The first-order chi connectivity index (χ1) is 10.9. The Kier molecular flexibility index (Phi) is 4.85. The zero-order valence-electron chi connectivity index (χ0n) is 13.8. The molecule has 0 spiro atoms. The van der Waals surface area contributed by atoms with E-state index in [1.54, 1.807) is 6.33 Å². The highest BCUT2D eigenvalue weighted by molar-refractivity contribution is 5.92. The summed E-state index contributed by atoms with van der Waals surface area (Å²) in [6.07, 6.45) is 3.34. The molecule has 0 atom stereocenters. The Morgan fingerprint density at radius 2 is 2.00 bits per heavy atom. The van der Waals surface area contributed by atoms with Gasteiger partial charge in [-0.15, -0.1) is 0 Å². The molecule has 0 aliphatic rings. The number of carbonyl (C=O) groups excluding carboxylic acids is 1. The molecule has 0 saturated carbocycles. The van der Waals surface area contributed by atoms with Gasteiger partial charge in [0.25, 0.3) is 5.91 Å². The fourth-order valence-corrected chi connectivity index (χ4v) is 2.54. The van der Waals surface area contributed by atoms with Gasteiger partial charge in [0.15, 0.2) is 0 Å². The number of nitrogens with two attached hydrogens (primary N) is 1. The maximum Gasteiger partial charge on any atom is 0.269 e. The summed E-state index contributed by atoms with van der Waals surface area (Å²) in [5, 5.41) is 9.20. The van der Waals surface area contributed by atoms with Crippen LogP contribution in [-0.2, 0) is 18.4 Å². The average molecular weight is 310 g/mol. The highest BCUT2D eigenvalue weighted by Crippen LogP contribution is 2.23. The van der Waals surface area contributed by atoms with Crippen LogP contribution in [0.1, 0.15) is 54.5 Å². The maximum atomic E-state index is 11.5. The summed E-state index contributed by atoms with van der Waals surface area (Å²) in [6, 6.07) is 10.3. The second-order valence-corrected chi connectivity index (χ2v) is 6.22. The van der Waals surface area contributed by atoms with Crippen molar-refractivity contribution in [3.63, 3.8) is 0 Å². The highest BCUT2D eigenvalue weighted by atomic mass is 16.1. The van der Waals surface area contributed by atoms with E-state index in [9.17, 15) is 10.1 Å². The number of hydrogen-bond donors (Lipinski definition) is 1. The predicted molar refractivity (Wildman–Crippen MR) is 88.9 cm³/mol. The van der Waals surface area contributed by atoms with E-state index in [0.717, 1.165) is 29.7 Å². The van der Waals surface area contributed by atoms with Crippen LogP contribution in [0.4, 0.5) is 0 Å². The second kappa shape index (κ2) is 6.66. The Labute approximate surface area is 136 Å². The second-order valence-electron chi connectivity index (χ2n) is 6.22. The topological polar surface area (TPSA) is 84.7 Å². The lowest BCUT2D eigenvalue weighted by Gasteiger charge is -2.16. The van der Waals surface area contributed by atoms with Crippen LogP contribution in [0.25, 0.3) is 0 Å². The normalized spacial score (nSPS) is 11.2. The van der Waals surface area contributed by atoms with Gasteiger partial charge in [0, 0.05) is 6.54 Å². The van der Waals surface area contributed by atoms with E-state index in [1.165, 1.54) is 0 Å². The summed E-state index contributed by atoms with van der Waals surface area (Å²) in [6.45, 7) is 6.48. The first-order valence-electron chi connectivity index (χ1n) is 7.73. The fourth-order valence-electron chi connectivity index (χ4n) is 2.54. The van der Waals surface area contributed by atoms with E-state index >= 15 is 0 Å². The standard InChI is InChI=1S/C18H22N4O/c1-4-5-15-16(17(20)23)21-12-22(15)10-13-6-8-14(9-7-13)18(2,3)11-19/h6-9,12H,4-5,10H2,1-3H3,(H2,20,23). The minimum absolute atomic E-state index is 0.356. The number of primary amides is 1. The Bertz CT molecular complexity index is 735. The van der Waals surface area contributed by atoms with Crippen molar-refractivity contribution < 1.29 is 4.79 Å². The summed E-state index contributed by atoms with van der Waals surface area (Å²) in [5.41, 5.74) is 8.20. The molecule has 0 aliphatic heterocycles. The molecule has 120 valence electrons. The van der Waals surface area contributed by atoms with Gasteiger partial charge >= 0.3 is 0 Å². The van der Waals surface area contributed by atoms with Crippen LogP contribution in [0.5, 0.6) is 0 Å². The minimum Gasteiger partial charge on any atom is -0.364 e. The average Bonchev–Trinajstić information content (AvgIpc) is 2.91. The number of nitriles is 1. The summed E-state index contributed by atoms with van der Waals surface area (Å²) in [7, 11) is 0. The third kappa shape index (κ3) is 3.59. The predicted octanol–water partition coefficient (Wildman–Crippen LogP) is 2.78. The largest absolute Gasteiger partial charge is 0.364 e. The monoisotopic (exact) mass is 310 g/mol. The first kappa shape index (κ1) is 16.8. The number of rotatable bonds is 6. The summed E-state index contributed by atoms with van der Waals surface area (Å²) in [5.74, 6) is -0.488. The molecule has 23 heavy (non-hydrogen) atoms. The van der Waals surface area contributed by atoms with Crippen LogP contribution in [0.3, 0.4) is 0 Å². The summed E-state index contributed by atoms with van der Waals surface area (Å²) in [4.78, 5) is 15.6. The van der Waals surface area contributed by atoms with Gasteiger partial charge in [0.1, 0.15) is 5.69 Å². The van der Waals surface area contributed by atoms with Crippen LogP contribution < -0.4 is 5.73 Å². The lowest BCUT2D eigenvalue weighted by Crippen LogP contribution is -2.16. The molecule has 1 heterocycles. The lowest BCUT2D eigenvalue weighted by atomic mass is 9.86. The lowest BCUT2D eigenvalue weighted by molar-refractivity contribution is 0.0995. The number of benzene rings is 1. The zero-order chi connectivity index (χ0) is 17.0. The van der Waals surface area contributed by atoms with E-state index in [2.05, 4.69) is 18.0 Å². The van der Waals surface area contributed by atoms with Gasteiger partial charge in [0.05, 0.1) is 23.5 Å². The Hall–Kier alpha value is -2.61. The molecule has 5 nitrogen and oxygen atoms in total. The molecule has 0 saturated heterocycles. The third-order valence-corrected chi connectivity index (χ3v) is 3.97. The van der Waals surface area contributed by atoms with Crippen molar-refractivity contribution in [3.05, 3.63) is 53.1 Å². The molecular formula is C18H22N4O. The number of aromatic nitrogens is 2. The molecule has 2 N–H and O–H groups in total. The molecule has 1 aromatic heterocycles. The molecule has 1 amide bonds. The number of amides is 1. The molecule has 0 radical (unpaired) electrons. The van der Waals surface area contributed by atoms with Crippen LogP contribution in [0.2, 0.25) is 0 Å². The molecule has 0 bridgehead atoms. The first-order valence-corrected chi connectivity index (χ1v) is 7.73. The van der Waals surface area contributed by atoms with E-state index in [1.807, 2.05) is 42.7 Å².